The lowest BCUT2D eigenvalue weighted by atomic mass is 9.49. The second-order valence-corrected chi connectivity index (χ2v) is 11.9. The van der Waals surface area contributed by atoms with Gasteiger partial charge in [0.25, 0.3) is 0 Å². The molecule has 6 aliphatic rings. The van der Waals surface area contributed by atoms with Crippen molar-refractivity contribution in [2.75, 3.05) is 24.5 Å². The first-order valence-corrected chi connectivity index (χ1v) is 13.3. The summed E-state index contributed by atoms with van der Waals surface area (Å²) in [6, 6.07) is 5.94. The molecule has 4 saturated carbocycles. The molecule has 7 rings (SSSR count). The molecule has 4 aliphatic carbocycles. The van der Waals surface area contributed by atoms with Gasteiger partial charge < -0.3 is 9.80 Å². The Morgan fingerprint density at radius 2 is 1.56 bits per heavy atom. The third-order valence-electron chi connectivity index (χ3n) is 9.30. The molecule has 0 spiro atoms. The number of hydrogen-bond acceptors (Lipinski definition) is 2. The Labute approximate surface area is 196 Å². The summed E-state index contributed by atoms with van der Waals surface area (Å²) < 4.78 is 0. The summed E-state index contributed by atoms with van der Waals surface area (Å²) in [4.78, 5) is 31.4. The Balaban J connectivity index is 1.13. The predicted octanol–water partition coefficient (Wildman–Crippen LogP) is 5.46. The molecule has 4 bridgehead atoms. The number of fused-ring (bicyclic) bond motifs is 1. The molecule has 2 aliphatic heterocycles. The maximum atomic E-state index is 13.7. The number of likely N-dealkylation sites (tertiary alicyclic amines) is 1. The number of benzene rings is 1. The molecule has 32 heavy (non-hydrogen) atoms. The van der Waals surface area contributed by atoms with E-state index in [1.165, 1.54) is 24.8 Å². The number of hydrogen-bond donors (Lipinski definition) is 0. The van der Waals surface area contributed by atoms with E-state index in [2.05, 4.69) is 4.90 Å². The summed E-state index contributed by atoms with van der Waals surface area (Å²) in [5.74, 6) is 3.08. The number of aryl methyl sites for hydroxylation is 1. The third-order valence-corrected chi connectivity index (χ3v) is 9.53. The number of anilines is 1. The van der Waals surface area contributed by atoms with Crippen molar-refractivity contribution in [3.63, 3.8) is 0 Å². The Morgan fingerprint density at radius 3 is 2.22 bits per heavy atom. The van der Waals surface area contributed by atoms with E-state index in [9.17, 15) is 9.59 Å². The van der Waals surface area contributed by atoms with Crippen LogP contribution in [0.5, 0.6) is 0 Å². The Morgan fingerprint density at radius 1 is 0.906 bits per heavy atom. The second kappa shape index (κ2) is 8.04. The van der Waals surface area contributed by atoms with Crippen LogP contribution < -0.4 is 4.90 Å². The highest BCUT2D eigenvalue weighted by Crippen LogP contribution is 2.60. The van der Waals surface area contributed by atoms with E-state index < -0.39 is 0 Å². The minimum atomic E-state index is -0.0609. The SMILES string of the molecule is O=C(C1CCN(C(=O)C23CC4CC(CC(C4)C2)C3)CC1)N1CCCCc2cc(Cl)ccc21. The van der Waals surface area contributed by atoms with Crippen LogP contribution in [-0.2, 0) is 16.0 Å². The maximum absolute atomic E-state index is 13.7. The molecular formula is C27H35ClN2O2. The minimum Gasteiger partial charge on any atom is -0.342 e. The lowest BCUT2D eigenvalue weighted by molar-refractivity contribution is -0.159. The number of halogens is 1. The van der Waals surface area contributed by atoms with Gasteiger partial charge in [0.05, 0.1) is 5.41 Å². The second-order valence-electron chi connectivity index (χ2n) is 11.5. The fraction of sp³-hybridized carbons (Fsp3) is 0.704. The van der Waals surface area contributed by atoms with Crippen molar-refractivity contribution >= 4 is 29.1 Å². The molecule has 1 aromatic carbocycles. The summed E-state index contributed by atoms with van der Waals surface area (Å²) in [5, 5.41) is 0.745. The summed E-state index contributed by atoms with van der Waals surface area (Å²) in [6.07, 6.45) is 12.2. The van der Waals surface area contributed by atoms with Crippen LogP contribution in [0.1, 0.15) is 69.8 Å². The monoisotopic (exact) mass is 454 g/mol. The fourth-order valence-electron chi connectivity index (χ4n) is 8.21. The predicted molar refractivity (Wildman–Crippen MR) is 127 cm³/mol. The Bertz CT molecular complexity index is 885. The molecule has 0 N–H and O–H groups in total. The van der Waals surface area contributed by atoms with Crippen molar-refractivity contribution < 1.29 is 9.59 Å². The van der Waals surface area contributed by atoms with E-state index >= 15 is 0 Å². The molecule has 0 unspecified atom stereocenters. The molecule has 2 amide bonds. The number of nitrogens with zero attached hydrogens (tertiary/aromatic N) is 2. The zero-order chi connectivity index (χ0) is 21.9. The van der Waals surface area contributed by atoms with Crippen molar-refractivity contribution in [2.24, 2.45) is 29.1 Å². The molecule has 0 atom stereocenters. The number of carbonyl (C=O) groups is 2. The number of carbonyl (C=O) groups excluding carboxylic acids is 2. The third kappa shape index (κ3) is 3.57. The van der Waals surface area contributed by atoms with Gasteiger partial charge in [0.2, 0.25) is 11.8 Å². The van der Waals surface area contributed by atoms with Crippen LogP contribution in [0.15, 0.2) is 18.2 Å². The zero-order valence-electron chi connectivity index (χ0n) is 19.0. The minimum absolute atomic E-state index is 0.0250. The first kappa shape index (κ1) is 21.0. The molecule has 0 radical (unpaired) electrons. The average Bonchev–Trinajstić information content (AvgIpc) is 2.99. The van der Waals surface area contributed by atoms with Crippen LogP contribution in [-0.4, -0.2) is 36.3 Å². The smallest absolute Gasteiger partial charge is 0.230 e. The Hall–Kier alpha value is -1.55. The van der Waals surface area contributed by atoms with Gasteiger partial charge in [-0.1, -0.05) is 11.6 Å². The van der Waals surface area contributed by atoms with E-state index in [4.69, 9.17) is 11.6 Å². The molecule has 5 fully saturated rings. The van der Waals surface area contributed by atoms with E-state index in [0.717, 1.165) is 99.5 Å². The summed E-state index contributed by atoms with van der Waals surface area (Å²) in [5.41, 5.74) is 2.18. The highest BCUT2D eigenvalue weighted by molar-refractivity contribution is 6.30. The number of piperidine rings is 1. The highest BCUT2D eigenvalue weighted by atomic mass is 35.5. The van der Waals surface area contributed by atoms with Gasteiger partial charge >= 0.3 is 0 Å². The first-order chi connectivity index (χ1) is 15.5. The van der Waals surface area contributed by atoms with Crippen molar-refractivity contribution in [1.82, 2.24) is 4.90 Å². The van der Waals surface area contributed by atoms with E-state index in [-0.39, 0.29) is 17.2 Å². The molecular weight excluding hydrogens is 420 g/mol. The van der Waals surface area contributed by atoms with Gasteiger partial charge in [-0.05, 0) is 112 Å². The van der Waals surface area contributed by atoms with Crippen LogP contribution in [0.3, 0.4) is 0 Å². The van der Waals surface area contributed by atoms with E-state index in [1.807, 2.05) is 23.1 Å². The summed E-state index contributed by atoms with van der Waals surface area (Å²) >= 11 is 6.22. The van der Waals surface area contributed by atoms with Gasteiger partial charge in [-0.25, -0.2) is 0 Å². The number of amides is 2. The van der Waals surface area contributed by atoms with Crippen LogP contribution in [0.25, 0.3) is 0 Å². The van der Waals surface area contributed by atoms with Gasteiger partial charge in [-0.15, -0.1) is 0 Å². The lowest BCUT2D eigenvalue weighted by Crippen LogP contribution is -2.56. The number of rotatable bonds is 2. The molecule has 4 nitrogen and oxygen atoms in total. The van der Waals surface area contributed by atoms with Gasteiger partial charge in [-0.2, -0.15) is 0 Å². The van der Waals surface area contributed by atoms with Crippen molar-refractivity contribution in [2.45, 2.75) is 70.6 Å². The van der Waals surface area contributed by atoms with Gasteiger partial charge in [0.1, 0.15) is 0 Å². The lowest BCUT2D eigenvalue weighted by Gasteiger charge is -2.57. The van der Waals surface area contributed by atoms with Crippen LogP contribution in [0.4, 0.5) is 5.69 Å². The van der Waals surface area contributed by atoms with Crippen molar-refractivity contribution in [3.05, 3.63) is 28.8 Å². The molecule has 5 heteroatoms. The van der Waals surface area contributed by atoms with E-state index in [0.29, 0.717) is 5.91 Å². The fourth-order valence-corrected chi connectivity index (χ4v) is 8.40. The maximum Gasteiger partial charge on any atom is 0.230 e. The van der Waals surface area contributed by atoms with Crippen LogP contribution >= 0.6 is 11.6 Å². The summed E-state index contributed by atoms with van der Waals surface area (Å²) in [6.45, 7) is 2.29. The molecule has 172 valence electrons. The summed E-state index contributed by atoms with van der Waals surface area (Å²) in [7, 11) is 0. The average molecular weight is 455 g/mol. The molecule has 0 aromatic heterocycles. The van der Waals surface area contributed by atoms with Crippen molar-refractivity contribution in [3.8, 4) is 0 Å². The molecule has 2 heterocycles. The normalized spacial score (nSPS) is 34.3. The zero-order valence-corrected chi connectivity index (χ0v) is 19.8. The van der Waals surface area contributed by atoms with Crippen LogP contribution in [0.2, 0.25) is 5.02 Å². The van der Waals surface area contributed by atoms with E-state index in [1.54, 1.807) is 0 Å². The molecule has 1 saturated heterocycles. The molecule has 1 aromatic rings. The van der Waals surface area contributed by atoms with Gasteiger partial charge in [0.15, 0.2) is 0 Å². The quantitative estimate of drug-likeness (QED) is 0.594. The van der Waals surface area contributed by atoms with Gasteiger partial charge in [0, 0.05) is 36.3 Å². The van der Waals surface area contributed by atoms with Crippen LogP contribution in [0, 0.1) is 29.1 Å². The Kier molecular flexibility index (Phi) is 5.28. The largest absolute Gasteiger partial charge is 0.342 e. The van der Waals surface area contributed by atoms with Gasteiger partial charge in [-0.3, -0.25) is 9.59 Å². The highest BCUT2D eigenvalue weighted by Gasteiger charge is 2.55. The topological polar surface area (TPSA) is 40.6 Å². The standard InChI is InChI=1S/C27H35ClN2O2/c28-23-4-5-24-22(14-23)3-1-2-8-30(24)25(31)21-6-9-29(10-7-21)26(32)27-15-18-11-19(16-27)13-20(12-18)17-27/h4-5,14,18-21H,1-3,6-13,15-17H2. The first-order valence-electron chi connectivity index (χ1n) is 12.9. The van der Waals surface area contributed by atoms with Crippen molar-refractivity contribution in [1.29, 1.82) is 0 Å².